The average Bonchev–Trinajstić information content (AvgIpc) is 3.59. The zero-order valence-electron chi connectivity index (χ0n) is 22.5. The molecule has 1 aliphatic carbocycles. The van der Waals surface area contributed by atoms with Crippen LogP contribution in [0.5, 0.6) is 0 Å². The smallest absolute Gasteiger partial charge is 0.408 e. The highest BCUT2D eigenvalue weighted by Crippen LogP contribution is 2.38. The van der Waals surface area contributed by atoms with Crippen LogP contribution in [0.1, 0.15) is 89.0 Å². The molecule has 0 bridgehead atoms. The van der Waals surface area contributed by atoms with Gasteiger partial charge in [-0.15, -0.1) is 0 Å². The van der Waals surface area contributed by atoms with Gasteiger partial charge in [0.15, 0.2) is 0 Å². The average molecular weight is 503 g/mol. The van der Waals surface area contributed by atoms with Gasteiger partial charge < -0.3 is 26.0 Å². The Bertz CT molecular complexity index is 932. The summed E-state index contributed by atoms with van der Waals surface area (Å²) in [5.41, 5.74) is 7.17. The van der Waals surface area contributed by atoms with E-state index in [0.717, 1.165) is 42.4 Å². The van der Waals surface area contributed by atoms with Crippen molar-refractivity contribution in [2.24, 2.45) is 5.73 Å². The normalized spacial score (nSPS) is 14.9. The largest absolute Gasteiger partial charge is 0.444 e. The highest BCUT2D eigenvalue weighted by Gasteiger charge is 2.44. The number of amides is 4. The second kappa shape index (κ2) is 12.7. The molecule has 1 aliphatic rings. The van der Waals surface area contributed by atoms with E-state index in [4.69, 9.17) is 10.5 Å². The fourth-order valence-electron chi connectivity index (χ4n) is 4.18. The minimum absolute atomic E-state index is 0.00750. The summed E-state index contributed by atoms with van der Waals surface area (Å²) in [5.74, 6) is -1.27. The predicted octanol–water partition coefficient (Wildman–Crippen LogP) is 3.41. The van der Waals surface area contributed by atoms with Gasteiger partial charge in [-0.25, -0.2) is 4.79 Å². The first-order valence-electron chi connectivity index (χ1n) is 12.8. The number of nitrogens with zero attached hydrogens (tertiary/aromatic N) is 1. The van der Waals surface area contributed by atoms with Crippen molar-refractivity contribution < 1.29 is 23.9 Å². The molecule has 0 aliphatic heterocycles. The summed E-state index contributed by atoms with van der Waals surface area (Å²) >= 11 is 0. The fourth-order valence-corrected chi connectivity index (χ4v) is 4.18. The van der Waals surface area contributed by atoms with E-state index in [1.54, 1.807) is 25.7 Å². The van der Waals surface area contributed by atoms with Gasteiger partial charge >= 0.3 is 6.09 Å². The summed E-state index contributed by atoms with van der Waals surface area (Å²) in [5, 5.41) is 5.62. The number of benzene rings is 1. The molecule has 1 fully saturated rings. The summed E-state index contributed by atoms with van der Waals surface area (Å²) < 4.78 is 5.36. The number of unbranched alkanes of at least 4 members (excludes halogenated alkanes) is 1. The van der Waals surface area contributed by atoms with Crippen molar-refractivity contribution >= 4 is 23.8 Å². The van der Waals surface area contributed by atoms with E-state index in [1.807, 2.05) is 39.0 Å². The van der Waals surface area contributed by atoms with Crippen LogP contribution < -0.4 is 16.4 Å². The Hall–Kier alpha value is -3.10. The van der Waals surface area contributed by atoms with E-state index in [-0.39, 0.29) is 24.8 Å². The van der Waals surface area contributed by atoms with Crippen LogP contribution in [0.25, 0.3) is 0 Å². The number of ether oxygens (including phenoxy) is 1. The monoisotopic (exact) mass is 502 g/mol. The van der Waals surface area contributed by atoms with Gasteiger partial charge in [0, 0.05) is 19.0 Å². The second-order valence-corrected chi connectivity index (χ2v) is 10.5. The lowest BCUT2D eigenvalue weighted by Gasteiger charge is -2.36. The molecule has 1 saturated carbocycles. The van der Waals surface area contributed by atoms with Crippen LogP contribution in [0.3, 0.4) is 0 Å². The first kappa shape index (κ1) is 29.1. The maximum atomic E-state index is 14.0. The Kier molecular flexibility index (Phi) is 10.3. The molecule has 1 aromatic rings. The van der Waals surface area contributed by atoms with E-state index in [2.05, 4.69) is 10.6 Å². The quantitative estimate of drug-likeness (QED) is 0.377. The summed E-state index contributed by atoms with van der Waals surface area (Å²) in [4.78, 5) is 53.4. The van der Waals surface area contributed by atoms with E-state index < -0.39 is 35.6 Å². The highest BCUT2D eigenvalue weighted by molar-refractivity contribution is 5.93. The van der Waals surface area contributed by atoms with Crippen LogP contribution in [0.4, 0.5) is 4.79 Å². The molecule has 200 valence electrons. The van der Waals surface area contributed by atoms with Gasteiger partial charge in [-0.3, -0.25) is 14.4 Å². The van der Waals surface area contributed by atoms with E-state index >= 15 is 0 Å². The molecule has 2 rings (SSSR count). The Morgan fingerprint density at radius 3 is 2.25 bits per heavy atom. The molecule has 9 heteroatoms. The van der Waals surface area contributed by atoms with Crippen molar-refractivity contribution in [3.05, 3.63) is 34.9 Å². The Morgan fingerprint density at radius 1 is 1.14 bits per heavy atom. The molecule has 1 aromatic carbocycles. The molecule has 0 aromatic heterocycles. The van der Waals surface area contributed by atoms with Gasteiger partial charge in [-0.05, 0) is 77.0 Å². The molecular formula is C27H42N4O5. The Morgan fingerprint density at radius 2 is 1.75 bits per heavy atom. The third-order valence-corrected chi connectivity index (χ3v) is 6.03. The van der Waals surface area contributed by atoms with E-state index in [0.29, 0.717) is 6.54 Å². The number of rotatable bonds is 12. The van der Waals surface area contributed by atoms with Crippen LogP contribution in [-0.4, -0.2) is 52.9 Å². The number of primary amides is 1. The van der Waals surface area contributed by atoms with E-state index in [1.165, 1.54) is 0 Å². The minimum Gasteiger partial charge on any atom is -0.444 e. The first-order valence-corrected chi connectivity index (χ1v) is 12.8. The third kappa shape index (κ3) is 8.53. The Balaban J connectivity index is 2.48. The van der Waals surface area contributed by atoms with Gasteiger partial charge in [0.05, 0.1) is 0 Å². The maximum absolute atomic E-state index is 14.0. The molecule has 36 heavy (non-hydrogen) atoms. The first-order chi connectivity index (χ1) is 16.9. The topological polar surface area (TPSA) is 131 Å². The number of nitrogens with two attached hydrogens (primary N) is 1. The molecule has 0 heterocycles. The van der Waals surface area contributed by atoms with Crippen molar-refractivity contribution in [3.63, 3.8) is 0 Å². The van der Waals surface area contributed by atoms with Gasteiger partial charge in [-0.2, -0.15) is 0 Å². The van der Waals surface area contributed by atoms with E-state index in [9.17, 15) is 19.2 Å². The second-order valence-electron chi connectivity index (χ2n) is 10.5. The number of alkyl carbamates (subject to hydrolysis) is 1. The molecular weight excluding hydrogens is 460 g/mol. The lowest BCUT2D eigenvalue weighted by molar-refractivity contribution is -0.143. The number of aryl methyl sites for hydroxylation is 2. The molecule has 9 nitrogen and oxygen atoms in total. The van der Waals surface area contributed by atoms with Crippen LogP contribution in [0, 0.1) is 13.8 Å². The minimum atomic E-state index is -1.07. The van der Waals surface area contributed by atoms with Crippen LogP contribution in [-0.2, 0) is 19.1 Å². The summed E-state index contributed by atoms with van der Waals surface area (Å²) in [6.07, 6.45) is 2.40. The number of carbonyl (C=O) groups excluding carboxylic acids is 4. The fraction of sp³-hybridized carbons (Fsp3) is 0.630. The zero-order valence-corrected chi connectivity index (χ0v) is 22.5. The standard InChI is InChI=1S/C27H42N4O5/c1-7-8-16-29-24(33)23(22-17(2)10-9-11-18(22)3)31(19-12-13-19)25(34)20(14-15-21(28)32)30-26(35)36-27(4,5)6/h9-11,19-20,23H,7-8,12-16H2,1-6H3,(H2,28,32)(H,29,33)(H,30,35). The van der Waals surface area contributed by atoms with Crippen molar-refractivity contribution in [1.29, 1.82) is 0 Å². The molecule has 4 N–H and O–H groups in total. The molecule has 0 spiro atoms. The van der Waals surface area contributed by atoms with Gasteiger partial charge in [0.2, 0.25) is 17.7 Å². The number of carbonyl (C=O) groups is 4. The number of hydrogen-bond acceptors (Lipinski definition) is 5. The number of hydrogen-bond donors (Lipinski definition) is 3. The predicted molar refractivity (Wildman–Crippen MR) is 138 cm³/mol. The van der Waals surface area contributed by atoms with Gasteiger partial charge in [-0.1, -0.05) is 31.5 Å². The van der Waals surface area contributed by atoms with Crippen molar-refractivity contribution in [2.75, 3.05) is 6.54 Å². The van der Waals surface area contributed by atoms with Crippen LogP contribution >= 0.6 is 0 Å². The third-order valence-electron chi connectivity index (χ3n) is 6.03. The molecule has 0 saturated heterocycles. The summed E-state index contributed by atoms with van der Waals surface area (Å²) in [6.45, 7) is 11.6. The summed E-state index contributed by atoms with van der Waals surface area (Å²) in [6, 6.07) is 3.70. The lowest BCUT2D eigenvalue weighted by Crippen LogP contribution is -2.54. The SMILES string of the molecule is CCCCNC(=O)C(c1c(C)cccc1C)N(C(=O)C(CCC(N)=O)NC(=O)OC(C)(C)C)C1CC1. The highest BCUT2D eigenvalue weighted by atomic mass is 16.6. The van der Waals surface area contributed by atoms with Crippen molar-refractivity contribution in [2.45, 2.75) is 104 Å². The molecule has 2 atom stereocenters. The maximum Gasteiger partial charge on any atom is 0.408 e. The molecule has 2 unspecified atom stereocenters. The lowest BCUT2D eigenvalue weighted by atomic mass is 9.93. The number of nitrogens with one attached hydrogen (secondary N) is 2. The van der Waals surface area contributed by atoms with Crippen molar-refractivity contribution in [3.8, 4) is 0 Å². The van der Waals surface area contributed by atoms with Gasteiger partial charge in [0.25, 0.3) is 0 Å². The Labute approximate surface area is 214 Å². The van der Waals surface area contributed by atoms with Crippen LogP contribution in [0.15, 0.2) is 18.2 Å². The van der Waals surface area contributed by atoms with Gasteiger partial charge in [0.1, 0.15) is 17.7 Å². The van der Waals surface area contributed by atoms with Crippen LogP contribution in [0.2, 0.25) is 0 Å². The van der Waals surface area contributed by atoms with Crippen molar-refractivity contribution in [1.82, 2.24) is 15.5 Å². The summed E-state index contributed by atoms with van der Waals surface area (Å²) in [7, 11) is 0. The molecule has 0 radical (unpaired) electrons. The zero-order chi connectivity index (χ0) is 27.0. The molecule has 4 amide bonds.